The van der Waals surface area contributed by atoms with Crippen LogP contribution in [0.2, 0.25) is 0 Å². The van der Waals surface area contributed by atoms with Gasteiger partial charge in [-0.15, -0.1) is 0 Å². The number of halogens is 1. The zero-order valence-corrected chi connectivity index (χ0v) is 11.4. The van der Waals surface area contributed by atoms with E-state index in [2.05, 4.69) is 25.9 Å². The SMILES string of the molecule is Cc1ccc(Br)cc1Oc1nc(N)ncc1[N+](=O)[O-]. The highest BCUT2D eigenvalue weighted by Gasteiger charge is 2.19. The zero-order valence-electron chi connectivity index (χ0n) is 9.83. The summed E-state index contributed by atoms with van der Waals surface area (Å²) in [6.45, 7) is 1.82. The van der Waals surface area contributed by atoms with E-state index in [1.54, 1.807) is 6.07 Å². The predicted octanol–water partition coefficient (Wildman–Crippen LogP) is 2.83. The van der Waals surface area contributed by atoms with Crippen LogP contribution in [0.15, 0.2) is 28.9 Å². The number of aromatic nitrogens is 2. The van der Waals surface area contributed by atoms with Crippen LogP contribution in [0.4, 0.5) is 11.6 Å². The molecule has 0 fully saturated rings. The molecule has 0 aliphatic carbocycles. The fourth-order valence-corrected chi connectivity index (χ4v) is 1.70. The van der Waals surface area contributed by atoms with Crippen LogP contribution >= 0.6 is 15.9 Å². The second kappa shape index (κ2) is 5.19. The van der Waals surface area contributed by atoms with E-state index in [9.17, 15) is 10.1 Å². The molecule has 7 nitrogen and oxygen atoms in total. The van der Waals surface area contributed by atoms with Gasteiger partial charge in [0.2, 0.25) is 5.95 Å². The van der Waals surface area contributed by atoms with Crippen molar-refractivity contribution >= 4 is 27.6 Å². The van der Waals surface area contributed by atoms with Crippen LogP contribution in [0, 0.1) is 17.0 Å². The third-order valence-corrected chi connectivity index (χ3v) is 2.80. The van der Waals surface area contributed by atoms with Gasteiger partial charge >= 0.3 is 11.6 Å². The minimum Gasteiger partial charge on any atom is -0.433 e. The van der Waals surface area contributed by atoms with Crippen LogP contribution in [0.5, 0.6) is 11.6 Å². The largest absolute Gasteiger partial charge is 0.433 e. The molecule has 0 radical (unpaired) electrons. The maximum Gasteiger partial charge on any atom is 0.349 e. The Hall–Kier alpha value is -2.22. The van der Waals surface area contributed by atoms with Gasteiger partial charge in [-0.2, -0.15) is 4.98 Å². The number of hydrogen-bond donors (Lipinski definition) is 1. The molecule has 19 heavy (non-hydrogen) atoms. The molecule has 0 atom stereocenters. The molecule has 0 bridgehead atoms. The molecule has 1 heterocycles. The Morgan fingerprint density at radius 3 is 2.89 bits per heavy atom. The summed E-state index contributed by atoms with van der Waals surface area (Å²) >= 11 is 3.30. The Morgan fingerprint density at radius 2 is 2.21 bits per heavy atom. The van der Waals surface area contributed by atoms with E-state index < -0.39 is 4.92 Å². The van der Waals surface area contributed by atoms with Crippen LogP contribution in [0.25, 0.3) is 0 Å². The van der Waals surface area contributed by atoms with Crippen LogP contribution < -0.4 is 10.5 Å². The zero-order chi connectivity index (χ0) is 14.0. The van der Waals surface area contributed by atoms with Crippen molar-refractivity contribution in [3.8, 4) is 11.6 Å². The summed E-state index contributed by atoms with van der Waals surface area (Å²) in [4.78, 5) is 17.6. The third kappa shape index (κ3) is 2.97. The molecule has 2 rings (SSSR count). The number of nitrogens with zero attached hydrogens (tertiary/aromatic N) is 3. The van der Waals surface area contributed by atoms with Gasteiger partial charge in [0.25, 0.3) is 0 Å². The van der Waals surface area contributed by atoms with E-state index in [0.717, 1.165) is 16.2 Å². The van der Waals surface area contributed by atoms with Gasteiger partial charge in [-0.05, 0) is 24.6 Å². The minimum absolute atomic E-state index is 0.0896. The number of nitro groups is 1. The Labute approximate surface area is 116 Å². The maximum absolute atomic E-state index is 10.9. The lowest BCUT2D eigenvalue weighted by Crippen LogP contribution is -2.02. The number of ether oxygens (including phenoxy) is 1. The summed E-state index contributed by atoms with van der Waals surface area (Å²) < 4.78 is 6.25. The fourth-order valence-electron chi connectivity index (χ4n) is 1.36. The Morgan fingerprint density at radius 1 is 1.47 bits per heavy atom. The first kappa shape index (κ1) is 13.2. The molecule has 1 aromatic heterocycles. The van der Waals surface area contributed by atoms with Gasteiger partial charge in [0.05, 0.1) is 4.92 Å². The van der Waals surface area contributed by atoms with Crippen molar-refractivity contribution in [3.05, 3.63) is 44.5 Å². The molecular formula is C11H9BrN4O3. The topological polar surface area (TPSA) is 104 Å². The van der Waals surface area contributed by atoms with Gasteiger partial charge in [0, 0.05) is 4.47 Å². The molecule has 1 aromatic carbocycles. The van der Waals surface area contributed by atoms with Gasteiger partial charge in [-0.25, -0.2) is 4.98 Å². The van der Waals surface area contributed by atoms with E-state index in [1.165, 1.54) is 0 Å². The predicted molar refractivity (Wildman–Crippen MR) is 72.1 cm³/mol. The van der Waals surface area contributed by atoms with Gasteiger partial charge in [-0.3, -0.25) is 10.1 Å². The number of anilines is 1. The smallest absolute Gasteiger partial charge is 0.349 e. The number of aryl methyl sites for hydroxylation is 1. The number of rotatable bonds is 3. The van der Waals surface area contributed by atoms with Crippen LogP contribution in [0.3, 0.4) is 0 Å². The van der Waals surface area contributed by atoms with Crippen molar-refractivity contribution in [1.29, 1.82) is 0 Å². The molecule has 0 saturated carbocycles. The number of nitrogen functional groups attached to an aromatic ring is 1. The summed E-state index contributed by atoms with van der Waals surface area (Å²) in [6.07, 6.45) is 1.02. The van der Waals surface area contributed by atoms with Crippen LogP contribution in [-0.2, 0) is 0 Å². The molecule has 0 aliphatic heterocycles. The van der Waals surface area contributed by atoms with E-state index >= 15 is 0 Å². The van der Waals surface area contributed by atoms with Gasteiger partial charge < -0.3 is 10.5 Å². The summed E-state index contributed by atoms with van der Waals surface area (Å²) in [5, 5.41) is 10.9. The fraction of sp³-hybridized carbons (Fsp3) is 0.0909. The van der Waals surface area contributed by atoms with E-state index in [0.29, 0.717) is 5.75 Å². The number of hydrogen-bond acceptors (Lipinski definition) is 6. The summed E-state index contributed by atoms with van der Waals surface area (Å²) in [7, 11) is 0. The quantitative estimate of drug-likeness (QED) is 0.687. The second-order valence-corrected chi connectivity index (χ2v) is 4.60. The molecule has 0 amide bonds. The number of nitrogens with two attached hydrogens (primary N) is 1. The highest BCUT2D eigenvalue weighted by Crippen LogP contribution is 2.32. The van der Waals surface area contributed by atoms with Crippen molar-refractivity contribution in [2.75, 3.05) is 5.73 Å². The normalized spacial score (nSPS) is 10.2. The lowest BCUT2D eigenvalue weighted by molar-refractivity contribution is -0.386. The Bertz CT molecular complexity index is 648. The second-order valence-electron chi connectivity index (χ2n) is 3.69. The monoisotopic (exact) mass is 324 g/mol. The third-order valence-electron chi connectivity index (χ3n) is 2.31. The molecule has 0 unspecified atom stereocenters. The minimum atomic E-state index is -0.623. The molecule has 0 spiro atoms. The van der Waals surface area contributed by atoms with Crippen LogP contribution in [0.1, 0.15) is 5.56 Å². The highest BCUT2D eigenvalue weighted by molar-refractivity contribution is 9.10. The highest BCUT2D eigenvalue weighted by atomic mass is 79.9. The molecular weight excluding hydrogens is 316 g/mol. The summed E-state index contributed by atoms with van der Waals surface area (Å²) in [5.41, 5.74) is 5.89. The van der Waals surface area contributed by atoms with Crippen LogP contribution in [-0.4, -0.2) is 14.9 Å². The van der Waals surface area contributed by atoms with Gasteiger partial charge in [0.1, 0.15) is 11.9 Å². The first-order chi connectivity index (χ1) is 8.97. The van der Waals surface area contributed by atoms with E-state index in [-0.39, 0.29) is 17.5 Å². The Kier molecular flexibility index (Phi) is 3.61. The summed E-state index contributed by atoms with van der Waals surface area (Å²) in [6, 6.07) is 5.35. The molecule has 2 aromatic rings. The molecule has 2 N–H and O–H groups in total. The standard InChI is InChI=1S/C11H9BrN4O3/c1-6-2-3-7(12)4-9(6)19-10-8(16(17)18)5-14-11(13)15-10/h2-5H,1H3,(H2,13,14,15). The van der Waals surface area contributed by atoms with Crippen molar-refractivity contribution < 1.29 is 9.66 Å². The Balaban J connectivity index is 2.45. The van der Waals surface area contributed by atoms with Crippen molar-refractivity contribution in [3.63, 3.8) is 0 Å². The average Bonchev–Trinajstić information content (AvgIpc) is 2.33. The lowest BCUT2D eigenvalue weighted by Gasteiger charge is -2.08. The van der Waals surface area contributed by atoms with Gasteiger partial charge in [0.15, 0.2) is 0 Å². The average molecular weight is 325 g/mol. The summed E-state index contributed by atoms with van der Waals surface area (Å²) in [5.74, 6) is 0.183. The molecule has 0 saturated heterocycles. The van der Waals surface area contributed by atoms with Crippen molar-refractivity contribution in [1.82, 2.24) is 9.97 Å². The molecule has 98 valence electrons. The molecule has 0 aliphatic rings. The molecule has 8 heteroatoms. The first-order valence-corrected chi connectivity index (χ1v) is 5.97. The van der Waals surface area contributed by atoms with Gasteiger partial charge in [-0.1, -0.05) is 22.0 Å². The lowest BCUT2D eigenvalue weighted by atomic mass is 10.2. The van der Waals surface area contributed by atoms with E-state index in [1.807, 2.05) is 19.1 Å². The number of benzene rings is 1. The van der Waals surface area contributed by atoms with Crippen molar-refractivity contribution in [2.24, 2.45) is 0 Å². The maximum atomic E-state index is 10.9. The first-order valence-electron chi connectivity index (χ1n) is 5.18. The van der Waals surface area contributed by atoms with E-state index in [4.69, 9.17) is 10.5 Å². The van der Waals surface area contributed by atoms with Crippen molar-refractivity contribution in [2.45, 2.75) is 6.92 Å².